The molecular weight excluding hydrogens is 1320 g/mol. The van der Waals surface area contributed by atoms with E-state index >= 15 is 0 Å². The molecule has 0 saturated heterocycles. The molecule has 0 fully saturated rings. The Morgan fingerprint density at radius 1 is 0.307 bits per heavy atom. The van der Waals surface area contributed by atoms with Gasteiger partial charge in [0.25, 0.3) is 0 Å². The van der Waals surface area contributed by atoms with Gasteiger partial charge in [0, 0.05) is 25.7 Å². The Hall–Kier alpha value is -2.46. The maximum absolute atomic E-state index is 13.1. The van der Waals surface area contributed by atoms with E-state index in [2.05, 4.69) is 58.9 Å². The molecule has 0 amide bonds. The van der Waals surface area contributed by atoms with Crippen molar-refractivity contribution in [2.45, 2.75) is 432 Å². The topological polar surface area (TPSA) is 237 Å². The fraction of sp³-hybridized carbons (Fsp3) is 0.902. The summed E-state index contributed by atoms with van der Waals surface area (Å²) in [5.41, 5.74) is 0. The highest BCUT2D eigenvalue weighted by Crippen LogP contribution is 2.45. The Morgan fingerprint density at radius 2 is 0.535 bits per heavy atom. The number of unbranched alkanes of at least 4 members (excludes halogenated alkanes) is 49. The van der Waals surface area contributed by atoms with E-state index in [4.69, 9.17) is 37.0 Å². The molecule has 0 aliphatic carbocycles. The maximum atomic E-state index is 13.1. The van der Waals surface area contributed by atoms with Gasteiger partial charge in [-0.2, -0.15) is 0 Å². The number of esters is 4. The van der Waals surface area contributed by atoms with E-state index in [0.29, 0.717) is 31.6 Å². The monoisotopic (exact) mass is 1480 g/mol. The number of allylic oxidation sites excluding steroid dienone is 4. The molecule has 0 aromatic heterocycles. The third-order valence-electron chi connectivity index (χ3n) is 18.7. The number of phosphoric ester groups is 2. The summed E-state index contributed by atoms with van der Waals surface area (Å²) in [5.74, 6) is -1.44. The van der Waals surface area contributed by atoms with E-state index in [-0.39, 0.29) is 25.7 Å². The lowest BCUT2D eigenvalue weighted by Gasteiger charge is -2.21. The summed E-state index contributed by atoms with van der Waals surface area (Å²) in [6.07, 6.45) is 68.9. The first kappa shape index (κ1) is 98.5. The van der Waals surface area contributed by atoms with Crippen LogP contribution in [0.25, 0.3) is 0 Å². The van der Waals surface area contributed by atoms with Gasteiger partial charge in [0.1, 0.15) is 19.3 Å². The number of carbonyl (C=O) groups excluding carboxylic acids is 4. The molecular formula is C82H156O17P2. The molecule has 101 heavy (non-hydrogen) atoms. The molecule has 0 radical (unpaired) electrons. The van der Waals surface area contributed by atoms with Crippen molar-refractivity contribution in [2.75, 3.05) is 39.6 Å². The second-order valence-corrected chi connectivity index (χ2v) is 32.2. The summed E-state index contributed by atoms with van der Waals surface area (Å²) in [6.45, 7) is 7.21. The summed E-state index contributed by atoms with van der Waals surface area (Å²) in [7, 11) is -9.93. The van der Waals surface area contributed by atoms with E-state index in [1.807, 2.05) is 0 Å². The van der Waals surface area contributed by atoms with Crippen molar-refractivity contribution in [3.8, 4) is 0 Å². The zero-order valence-electron chi connectivity index (χ0n) is 65.5. The minimum Gasteiger partial charge on any atom is -0.462 e. The Morgan fingerprint density at radius 3 is 0.812 bits per heavy atom. The second kappa shape index (κ2) is 74.4. The number of aliphatic hydroxyl groups excluding tert-OH is 1. The quantitative estimate of drug-likeness (QED) is 0.0169. The van der Waals surface area contributed by atoms with Crippen LogP contribution in [0.5, 0.6) is 0 Å². The van der Waals surface area contributed by atoms with Crippen LogP contribution in [0.4, 0.5) is 0 Å². The van der Waals surface area contributed by atoms with Crippen molar-refractivity contribution in [1.29, 1.82) is 0 Å². The van der Waals surface area contributed by atoms with Crippen LogP contribution in [0.1, 0.15) is 413 Å². The average Bonchev–Trinajstić information content (AvgIpc) is 0.986. The highest BCUT2D eigenvalue weighted by molar-refractivity contribution is 7.47. The van der Waals surface area contributed by atoms with Crippen LogP contribution in [0, 0.1) is 5.92 Å². The van der Waals surface area contributed by atoms with E-state index < -0.39 is 97.5 Å². The Kier molecular flexibility index (Phi) is 72.6. The van der Waals surface area contributed by atoms with Crippen LogP contribution in [0.15, 0.2) is 24.3 Å². The van der Waals surface area contributed by atoms with Gasteiger partial charge in [-0.05, 0) is 57.3 Å². The van der Waals surface area contributed by atoms with Crippen molar-refractivity contribution in [3.05, 3.63) is 24.3 Å². The van der Waals surface area contributed by atoms with E-state index in [1.165, 1.54) is 218 Å². The Bertz CT molecular complexity index is 2020. The van der Waals surface area contributed by atoms with Crippen LogP contribution in [0.3, 0.4) is 0 Å². The second-order valence-electron chi connectivity index (χ2n) is 29.3. The van der Waals surface area contributed by atoms with Gasteiger partial charge in [-0.15, -0.1) is 0 Å². The Balaban J connectivity index is 5.26. The molecule has 0 aromatic carbocycles. The SMILES string of the molecule is CCCCCC/C=C\C=C/CCCCCCCC(=O)O[C@H](COC(=O)CCCCCCCCCC(C)C)COP(=O)(O)OC[C@H](O)COP(=O)(O)OC[C@@H](COC(=O)CCCCCCCCCCCCCCCCCC)OC(=O)CCCCCCCCCCCCCCCCCCCCCC. The van der Waals surface area contributed by atoms with Crippen molar-refractivity contribution >= 4 is 39.5 Å². The summed E-state index contributed by atoms with van der Waals surface area (Å²) >= 11 is 0. The molecule has 0 rings (SSSR count). The lowest BCUT2D eigenvalue weighted by molar-refractivity contribution is -0.161. The number of carbonyl (C=O) groups is 4. The molecule has 2 unspecified atom stereocenters. The first-order chi connectivity index (χ1) is 49.0. The first-order valence-corrected chi connectivity index (χ1v) is 44.9. The molecule has 0 heterocycles. The summed E-state index contributed by atoms with van der Waals surface area (Å²) in [6, 6.07) is 0. The van der Waals surface area contributed by atoms with Gasteiger partial charge in [0.15, 0.2) is 12.2 Å². The highest BCUT2D eigenvalue weighted by atomic mass is 31.2. The molecule has 5 atom stereocenters. The summed E-state index contributed by atoms with van der Waals surface area (Å²) in [5, 5.41) is 10.6. The lowest BCUT2D eigenvalue weighted by Crippen LogP contribution is -2.30. The molecule has 0 bridgehead atoms. The van der Waals surface area contributed by atoms with Crippen LogP contribution in [0.2, 0.25) is 0 Å². The summed E-state index contributed by atoms with van der Waals surface area (Å²) < 4.78 is 68.7. The van der Waals surface area contributed by atoms with Crippen LogP contribution in [-0.2, 0) is 65.4 Å². The standard InChI is InChI=1S/C82H156O17P2/c1-6-9-12-15-18-21-24-27-30-32-33-34-35-38-41-44-47-52-58-63-68-81(86)98-77(71-92-79(84)65-60-55-50-45-42-39-37-31-28-25-22-19-16-13-10-7-2)73-96-100(88,89)94-69-76(83)70-95-101(90,91)97-74-78(72-93-80(85)66-61-56-53-48-49-54-59-64-75(4)5)99-82(87)67-62-57-51-46-43-40-36-29-26-23-20-17-14-11-8-3/h23,26,29,36,75-78,83H,6-22,24-25,27-28,30-35,37-74H2,1-5H3,(H,88,89)(H,90,91)/b26-23-,36-29-/t76-,77-,78-/m1/s1. The van der Waals surface area contributed by atoms with Crippen LogP contribution >= 0.6 is 15.6 Å². The molecule has 0 saturated carbocycles. The number of rotatable bonds is 80. The van der Waals surface area contributed by atoms with E-state index in [1.54, 1.807) is 0 Å². The van der Waals surface area contributed by atoms with E-state index in [9.17, 15) is 43.2 Å². The first-order valence-electron chi connectivity index (χ1n) is 42.0. The maximum Gasteiger partial charge on any atom is 0.472 e. The van der Waals surface area contributed by atoms with Gasteiger partial charge in [-0.3, -0.25) is 37.3 Å². The molecule has 0 spiro atoms. The fourth-order valence-electron chi connectivity index (χ4n) is 12.2. The minimum absolute atomic E-state index is 0.0847. The molecule has 0 aliphatic rings. The van der Waals surface area contributed by atoms with Crippen LogP contribution < -0.4 is 0 Å². The van der Waals surface area contributed by atoms with Crippen molar-refractivity contribution < 1.29 is 80.2 Å². The largest absolute Gasteiger partial charge is 0.472 e. The average molecular weight is 1480 g/mol. The zero-order valence-corrected chi connectivity index (χ0v) is 67.3. The third-order valence-corrected chi connectivity index (χ3v) is 20.6. The number of aliphatic hydroxyl groups is 1. The number of hydrogen-bond acceptors (Lipinski definition) is 15. The van der Waals surface area contributed by atoms with Gasteiger partial charge < -0.3 is 33.8 Å². The molecule has 3 N–H and O–H groups in total. The molecule has 19 heteroatoms. The predicted molar refractivity (Wildman–Crippen MR) is 414 cm³/mol. The smallest absolute Gasteiger partial charge is 0.462 e. The molecule has 17 nitrogen and oxygen atoms in total. The van der Waals surface area contributed by atoms with E-state index in [0.717, 1.165) is 109 Å². The normalized spacial score (nSPS) is 14.0. The van der Waals surface area contributed by atoms with Crippen LogP contribution in [-0.4, -0.2) is 96.7 Å². The number of ether oxygens (including phenoxy) is 4. The minimum atomic E-state index is -4.97. The lowest BCUT2D eigenvalue weighted by atomic mass is 10.0. The molecule has 596 valence electrons. The Labute approximate surface area is 618 Å². The number of phosphoric acid groups is 2. The summed E-state index contributed by atoms with van der Waals surface area (Å²) in [4.78, 5) is 73.0. The fourth-order valence-corrected chi connectivity index (χ4v) is 13.8. The van der Waals surface area contributed by atoms with Gasteiger partial charge >= 0.3 is 39.5 Å². The number of hydrogen-bond donors (Lipinski definition) is 3. The van der Waals surface area contributed by atoms with Gasteiger partial charge in [0.05, 0.1) is 26.4 Å². The zero-order chi connectivity index (χ0) is 74.1. The molecule has 0 aliphatic heterocycles. The van der Waals surface area contributed by atoms with Gasteiger partial charge in [0.2, 0.25) is 0 Å². The van der Waals surface area contributed by atoms with Crippen molar-refractivity contribution in [1.82, 2.24) is 0 Å². The van der Waals surface area contributed by atoms with Crippen molar-refractivity contribution in [3.63, 3.8) is 0 Å². The predicted octanol–water partition coefficient (Wildman–Crippen LogP) is 24.4. The van der Waals surface area contributed by atoms with Crippen molar-refractivity contribution in [2.24, 2.45) is 5.92 Å². The third kappa shape index (κ3) is 75.6. The molecule has 0 aromatic rings. The van der Waals surface area contributed by atoms with Gasteiger partial charge in [-0.25, -0.2) is 9.13 Å². The van der Waals surface area contributed by atoms with Gasteiger partial charge in [-0.1, -0.05) is 361 Å². The highest BCUT2D eigenvalue weighted by Gasteiger charge is 2.30.